The van der Waals surface area contributed by atoms with Gasteiger partial charge in [0.15, 0.2) is 0 Å². The fourth-order valence-electron chi connectivity index (χ4n) is 6.34. The van der Waals surface area contributed by atoms with Crippen molar-refractivity contribution in [2.45, 2.75) is 6.42 Å². The molecule has 0 unspecified atom stereocenters. The summed E-state index contributed by atoms with van der Waals surface area (Å²) in [6.45, 7) is 3.83. The zero-order chi connectivity index (χ0) is 31.5. The Hall–Kier alpha value is -6.06. The molecule has 46 heavy (non-hydrogen) atoms. The molecule has 0 fully saturated rings. The first-order valence-corrected chi connectivity index (χ1v) is 15.5. The molecule has 0 saturated heterocycles. The minimum absolute atomic E-state index is 0.689. The van der Waals surface area contributed by atoms with Gasteiger partial charge < -0.3 is 16.0 Å². The topological polar surface area (TPSA) is 57.0 Å². The molecule has 4 N–H and O–H groups in total. The number of benzene rings is 6. The van der Waals surface area contributed by atoms with Gasteiger partial charge >= 0.3 is 0 Å². The lowest BCUT2D eigenvalue weighted by molar-refractivity contribution is 1.19. The largest absolute Gasteiger partial charge is 0.404 e. The summed E-state index contributed by atoms with van der Waals surface area (Å²) in [4.78, 5) is 0. The van der Waals surface area contributed by atoms with Crippen LogP contribution in [0.4, 0.5) is 0 Å². The number of hydrogen-bond donors (Lipinski definition) is 2. The first-order chi connectivity index (χ1) is 22.7. The number of nitrogens with zero attached hydrogens (tertiary/aromatic N) is 1. The van der Waals surface area contributed by atoms with Gasteiger partial charge in [0.05, 0.1) is 11.0 Å². The molecule has 7 rings (SSSR count). The Kier molecular flexibility index (Phi) is 7.80. The van der Waals surface area contributed by atoms with Crippen LogP contribution < -0.4 is 11.5 Å². The van der Waals surface area contributed by atoms with Crippen LogP contribution in [-0.4, -0.2) is 4.57 Å². The highest BCUT2D eigenvalue weighted by Crippen LogP contribution is 2.39. The van der Waals surface area contributed by atoms with Crippen molar-refractivity contribution in [1.29, 1.82) is 0 Å². The molecule has 0 aliphatic rings. The van der Waals surface area contributed by atoms with Crippen molar-refractivity contribution in [3.8, 4) is 27.9 Å². The maximum absolute atomic E-state index is 6.15. The van der Waals surface area contributed by atoms with E-state index in [0.29, 0.717) is 6.42 Å². The Labute approximate surface area is 269 Å². The van der Waals surface area contributed by atoms with Crippen LogP contribution in [0.1, 0.15) is 12.0 Å². The van der Waals surface area contributed by atoms with Crippen molar-refractivity contribution >= 4 is 38.2 Å². The number of nitrogens with two attached hydrogens (primary N) is 2. The van der Waals surface area contributed by atoms with Crippen LogP contribution in [0.25, 0.3) is 66.1 Å². The fraction of sp³-hybridized carbons (Fsp3) is 0.0233. The Balaban J connectivity index is 1.38. The molecule has 3 heteroatoms. The molecule has 1 aromatic heterocycles. The van der Waals surface area contributed by atoms with Crippen LogP contribution in [0.5, 0.6) is 0 Å². The van der Waals surface area contributed by atoms with Crippen molar-refractivity contribution in [3.05, 3.63) is 182 Å². The predicted octanol–water partition coefficient (Wildman–Crippen LogP) is 10.5. The maximum Gasteiger partial charge on any atom is 0.0619 e. The Morgan fingerprint density at radius 1 is 0.609 bits per heavy atom. The smallest absolute Gasteiger partial charge is 0.0619 e. The summed E-state index contributed by atoms with van der Waals surface area (Å²) >= 11 is 0. The van der Waals surface area contributed by atoms with E-state index >= 15 is 0 Å². The van der Waals surface area contributed by atoms with Crippen molar-refractivity contribution in [2.24, 2.45) is 11.5 Å². The average molecular weight is 594 g/mol. The minimum Gasteiger partial charge on any atom is -0.404 e. The first kappa shape index (κ1) is 28.7. The van der Waals surface area contributed by atoms with Crippen LogP contribution in [0.2, 0.25) is 0 Å². The summed E-state index contributed by atoms with van der Waals surface area (Å²) in [5.74, 6) is 0. The number of hydrogen-bond acceptors (Lipinski definition) is 2. The molecule has 0 aliphatic heterocycles. The van der Waals surface area contributed by atoms with Crippen molar-refractivity contribution in [3.63, 3.8) is 0 Å². The van der Waals surface area contributed by atoms with E-state index < -0.39 is 0 Å². The summed E-state index contributed by atoms with van der Waals surface area (Å²) in [7, 11) is 0. The lowest BCUT2D eigenvalue weighted by Gasteiger charge is -2.12. The number of allylic oxidation sites excluding steroid dienone is 5. The summed E-state index contributed by atoms with van der Waals surface area (Å²) < 4.78 is 2.39. The van der Waals surface area contributed by atoms with E-state index in [1.807, 2.05) is 6.08 Å². The number of rotatable bonds is 8. The Bertz CT molecular complexity index is 2300. The second kappa shape index (κ2) is 12.5. The molecule has 1 heterocycles. The van der Waals surface area contributed by atoms with E-state index in [1.54, 1.807) is 18.5 Å². The van der Waals surface area contributed by atoms with Gasteiger partial charge in [-0.2, -0.15) is 0 Å². The highest BCUT2D eigenvalue weighted by molar-refractivity contribution is 6.19. The zero-order valence-electron chi connectivity index (χ0n) is 25.6. The van der Waals surface area contributed by atoms with Gasteiger partial charge in [0.1, 0.15) is 0 Å². The first-order valence-electron chi connectivity index (χ1n) is 15.5. The van der Waals surface area contributed by atoms with Crippen LogP contribution in [-0.2, 0) is 0 Å². The Morgan fingerprint density at radius 3 is 2.02 bits per heavy atom. The molecular weight excluding hydrogens is 558 g/mol. The maximum atomic E-state index is 6.15. The van der Waals surface area contributed by atoms with Crippen LogP contribution in [0.3, 0.4) is 0 Å². The normalized spacial score (nSPS) is 12.4. The predicted molar refractivity (Wildman–Crippen MR) is 198 cm³/mol. The number of aromatic nitrogens is 1. The standard InChI is InChI=1S/C43H35N3/c1-2-30(28-44)11-9-16-37(29-45)35-20-23-40-41-24-21-36-26-34(33-15-10-14-32(25-33)31-12-5-3-6-13-31)19-22-39(36)43(41)46(42(40)27-35)38-17-7-4-8-18-38/h2-10,12-29H,1,11,44-45H2/b16-9-,30-28+,37-29+. The molecule has 0 saturated carbocycles. The van der Waals surface area contributed by atoms with Gasteiger partial charge in [0.2, 0.25) is 0 Å². The SMILES string of the molecule is C=C/C(=C\N)C/C=C\C(=C/N)c1ccc2c3ccc4cc(-c5cccc(-c6ccccc6)c5)ccc4c3n(-c3ccccc3)c2c1. The third-order valence-corrected chi connectivity index (χ3v) is 8.70. The third-order valence-electron chi connectivity index (χ3n) is 8.70. The monoisotopic (exact) mass is 593 g/mol. The quantitative estimate of drug-likeness (QED) is 0.172. The molecule has 3 nitrogen and oxygen atoms in total. The molecular formula is C43H35N3. The zero-order valence-corrected chi connectivity index (χ0v) is 25.6. The third kappa shape index (κ3) is 5.29. The van der Waals surface area contributed by atoms with Gasteiger partial charge in [0, 0.05) is 28.0 Å². The Morgan fingerprint density at radius 2 is 1.28 bits per heavy atom. The summed E-state index contributed by atoms with van der Waals surface area (Å²) in [5, 5.41) is 4.83. The molecule has 0 amide bonds. The van der Waals surface area contributed by atoms with E-state index in [9.17, 15) is 0 Å². The van der Waals surface area contributed by atoms with Gasteiger partial charge in [0.25, 0.3) is 0 Å². The number of fused-ring (bicyclic) bond motifs is 5. The van der Waals surface area contributed by atoms with Crippen LogP contribution in [0, 0.1) is 0 Å². The molecule has 6 aromatic carbocycles. The van der Waals surface area contributed by atoms with Gasteiger partial charge in [-0.1, -0.05) is 128 Å². The molecule has 0 aliphatic carbocycles. The fourth-order valence-corrected chi connectivity index (χ4v) is 6.34. The van der Waals surface area contributed by atoms with E-state index in [-0.39, 0.29) is 0 Å². The second-order valence-electron chi connectivity index (χ2n) is 11.4. The van der Waals surface area contributed by atoms with Gasteiger partial charge in [-0.15, -0.1) is 0 Å². The minimum atomic E-state index is 0.689. The average Bonchev–Trinajstić information content (AvgIpc) is 3.46. The molecule has 0 radical (unpaired) electrons. The van der Waals surface area contributed by atoms with Crippen LogP contribution in [0.15, 0.2) is 176 Å². The number of para-hydroxylation sites is 1. The highest BCUT2D eigenvalue weighted by Gasteiger charge is 2.16. The molecule has 0 spiro atoms. The molecule has 0 atom stereocenters. The van der Waals surface area contributed by atoms with Gasteiger partial charge in [-0.05, 0) is 87.3 Å². The summed E-state index contributed by atoms with van der Waals surface area (Å²) in [6, 6.07) is 47.9. The van der Waals surface area contributed by atoms with E-state index in [1.165, 1.54) is 49.3 Å². The molecule has 222 valence electrons. The van der Waals surface area contributed by atoms with Crippen molar-refractivity contribution in [1.82, 2.24) is 4.57 Å². The van der Waals surface area contributed by atoms with E-state index in [4.69, 9.17) is 11.5 Å². The summed E-state index contributed by atoms with van der Waals surface area (Å²) in [5.41, 5.74) is 23.1. The van der Waals surface area contributed by atoms with E-state index in [2.05, 4.69) is 151 Å². The van der Waals surface area contributed by atoms with Crippen molar-refractivity contribution < 1.29 is 0 Å². The second-order valence-corrected chi connectivity index (χ2v) is 11.4. The molecule has 7 aromatic rings. The van der Waals surface area contributed by atoms with Crippen molar-refractivity contribution in [2.75, 3.05) is 0 Å². The molecule has 0 bridgehead atoms. The van der Waals surface area contributed by atoms with Crippen LogP contribution >= 0.6 is 0 Å². The lowest BCUT2D eigenvalue weighted by atomic mass is 9.96. The van der Waals surface area contributed by atoms with Gasteiger partial charge in [-0.25, -0.2) is 0 Å². The highest BCUT2D eigenvalue weighted by atomic mass is 15.0. The lowest BCUT2D eigenvalue weighted by Crippen LogP contribution is -1.95. The summed E-state index contributed by atoms with van der Waals surface area (Å²) in [6.07, 6.45) is 9.83. The van der Waals surface area contributed by atoms with E-state index in [0.717, 1.165) is 27.9 Å². The van der Waals surface area contributed by atoms with Gasteiger partial charge in [-0.3, -0.25) is 0 Å².